The number of amides is 2. The molecule has 20 heavy (non-hydrogen) atoms. The number of nitrogens with zero attached hydrogens (tertiary/aromatic N) is 1. The molecule has 2 amide bonds. The number of carbonyl (C=O) groups excluding carboxylic acids is 3. The van der Waals surface area contributed by atoms with Crippen LogP contribution >= 0.6 is 0 Å². The number of hydrogen-bond acceptors (Lipinski definition) is 6. The van der Waals surface area contributed by atoms with Crippen molar-refractivity contribution in [3.8, 4) is 0 Å². The first kappa shape index (κ1) is 15.4. The van der Waals surface area contributed by atoms with E-state index in [1.54, 1.807) is 12.1 Å². The summed E-state index contributed by atoms with van der Waals surface area (Å²) in [5.74, 6) is -0.636. The Bertz CT molecular complexity index is 526. The van der Waals surface area contributed by atoms with Crippen LogP contribution in [0.3, 0.4) is 0 Å². The quantitative estimate of drug-likeness (QED) is 0.356. The second-order valence-electron chi connectivity index (χ2n) is 3.43. The lowest BCUT2D eigenvalue weighted by Gasteiger charge is -2.08. The van der Waals surface area contributed by atoms with Crippen LogP contribution in [0.25, 0.3) is 0 Å². The van der Waals surface area contributed by atoms with Gasteiger partial charge >= 0.3 is 6.09 Å². The Labute approximate surface area is 114 Å². The predicted octanol–water partition coefficient (Wildman–Crippen LogP) is 0.671. The van der Waals surface area contributed by atoms with Crippen LogP contribution in [0.1, 0.15) is 10.4 Å². The fourth-order valence-corrected chi connectivity index (χ4v) is 1.24. The van der Waals surface area contributed by atoms with Gasteiger partial charge in [-0.15, -0.1) is 0 Å². The number of rotatable bonds is 5. The van der Waals surface area contributed by atoms with E-state index in [4.69, 9.17) is 0 Å². The number of isocyanates is 1. The molecule has 106 valence electrons. The summed E-state index contributed by atoms with van der Waals surface area (Å²) in [6.45, 7) is 0.308. The fraction of sp³-hybridized carbons (Fsp3) is 0.250. The number of methoxy groups -OCH3 is 1. The number of hydrazine groups is 1. The SMILES string of the molecule is COCCOC(=O)NNC(=O)c1ccccc1N=C=O. The lowest BCUT2D eigenvalue weighted by atomic mass is 10.2. The molecule has 0 aliphatic rings. The van der Waals surface area contributed by atoms with Gasteiger partial charge in [0, 0.05) is 7.11 Å². The summed E-state index contributed by atoms with van der Waals surface area (Å²) in [4.78, 5) is 36.6. The lowest BCUT2D eigenvalue weighted by molar-refractivity contribution is 0.0849. The standard InChI is InChI=1S/C12H13N3O5/c1-19-6-7-20-12(18)15-14-11(17)9-4-2-3-5-10(9)13-8-16/h2-5H,6-7H2,1H3,(H,14,17)(H,15,18). The van der Waals surface area contributed by atoms with Crippen LogP contribution < -0.4 is 10.9 Å². The molecule has 0 heterocycles. The van der Waals surface area contributed by atoms with Crippen molar-refractivity contribution in [3.05, 3.63) is 29.8 Å². The van der Waals surface area contributed by atoms with Crippen LogP contribution in [0.15, 0.2) is 29.3 Å². The van der Waals surface area contributed by atoms with Crippen LogP contribution in [0, 0.1) is 0 Å². The van der Waals surface area contributed by atoms with Gasteiger partial charge in [-0.25, -0.2) is 15.0 Å². The van der Waals surface area contributed by atoms with Crippen molar-refractivity contribution in [1.29, 1.82) is 0 Å². The van der Waals surface area contributed by atoms with E-state index in [2.05, 4.69) is 25.3 Å². The molecule has 0 aromatic heterocycles. The van der Waals surface area contributed by atoms with Gasteiger partial charge in [-0.1, -0.05) is 12.1 Å². The van der Waals surface area contributed by atoms with E-state index in [1.807, 2.05) is 0 Å². The van der Waals surface area contributed by atoms with Gasteiger partial charge < -0.3 is 9.47 Å². The van der Waals surface area contributed by atoms with Gasteiger partial charge in [0.25, 0.3) is 5.91 Å². The number of para-hydroxylation sites is 1. The monoisotopic (exact) mass is 279 g/mol. The van der Waals surface area contributed by atoms with Crippen molar-refractivity contribution in [1.82, 2.24) is 10.9 Å². The molecule has 0 saturated heterocycles. The summed E-state index contributed by atoms with van der Waals surface area (Å²) in [6, 6.07) is 6.12. The minimum absolute atomic E-state index is 0.0597. The topological polar surface area (TPSA) is 106 Å². The second kappa shape index (κ2) is 8.41. The summed E-state index contributed by atoms with van der Waals surface area (Å²) >= 11 is 0. The molecule has 2 N–H and O–H groups in total. The van der Waals surface area contributed by atoms with Gasteiger partial charge in [0.1, 0.15) is 6.61 Å². The van der Waals surface area contributed by atoms with Crippen LogP contribution in [0.4, 0.5) is 10.5 Å². The first-order valence-electron chi connectivity index (χ1n) is 5.58. The maximum Gasteiger partial charge on any atom is 0.426 e. The number of nitrogens with one attached hydrogen (secondary N) is 2. The zero-order chi connectivity index (χ0) is 14.8. The normalized spacial score (nSPS) is 9.25. The molecular weight excluding hydrogens is 266 g/mol. The van der Waals surface area contributed by atoms with Gasteiger partial charge in [-0.2, -0.15) is 4.99 Å². The highest BCUT2D eigenvalue weighted by molar-refractivity contribution is 5.99. The summed E-state index contributed by atoms with van der Waals surface area (Å²) in [5, 5.41) is 0. The average Bonchev–Trinajstić information content (AvgIpc) is 2.46. The Morgan fingerprint density at radius 3 is 2.70 bits per heavy atom. The van der Waals surface area contributed by atoms with Crippen molar-refractivity contribution in [3.63, 3.8) is 0 Å². The van der Waals surface area contributed by atoms with E-state index in [-0.39, 0.29) is 24.5 Å². The molecule has 0 fully saturated rings. The van der Waals surface area contributed by atoms with Crippen LogP contribution in [0.5, 0.6) is 0 Å². The molecule has 0 radical (unpaired) electrons. The third-order valence-electron chi connectivity index (χ3n) is 2.11. The molecule has 0 saturated carbocycles. The van der Waals surface area contributed by atoms with E-state index < -0.39 is 12.0 Å². The van der Waals surface area contributed by atoms with Gasteiger partial charge in [-0.05, 0) is 12.1 Å². The zero-order valence-corrected chi connectivity index (χ0v) is 10.7. The van der Waals surface area contributed by atoms with Gasteiger partial charge in [0.15, 0.2) is 0 Å². The highest BCUT2D eigenvalue weighted by Crippen LogP contribution is 2.17. The third kappa shape index (κ3) is 4.89. The molecule has 0 bridgehead atoms. The number of carbonyl (C=O) groups is 2. The molecule has 0 aliphatic heterocycles. The van der Waals surface area contributed by atoms with Gasteiger partial charge in [0.05, 0.1) is 17.9 Å². The van der Waals surface area contributed by atoms with Crippen LogP contribution in [-0.2, 0) is 14.3 Å². The summed E-state index contributed by atoms with van der Waals surface area (Å²) < 4.78 is 9.36. The van der Waals surface area contributed by atoms with Crippen molar-refractivity contribution < 1.29 is 23.9 Å². The Kier molecular flexibility index (Phi) is 6.46. The molecule has 1 rings (SSSR count). The van der Waals surface area contributed by atoms with Gasteiger partial charge in [-0.3, -0.25) is 10.2 Å². The molecule has 8 nitrogen and oxygen atoms in total. The number of benzene rings is 1. The van der Waals surface area contributed by atoms with E-state index in [1.165, 1.54) is 25.3 Å². The molecule has 0 spiro atoms. The maximum atomic E-state index is 11.8. The summed E-state index contributed by atoms with van der Waals surface area (Å²) in [7, 11) is 1.47. The number of aliphatic imine (C=N–C) groups is 1. The Morgan fingerprint density at radius 1 is 1.25 bits per heavy atom. The van der Waals surface area contributed by atoms with Crippen molar-refractivity contribution >= 4 is 23.8 Å². The lowest BCUT2D eigenvalue weighted by Crippen LogP contribution is -2.42. The molecule has 0 atom stereocenters. The Hall–Kier alpha value is -2.70. The Balaban J connectivity index is 2.55. The molecule has 0 unspecified atom stereocenters. The minimum Gasteiger partial charge on any atom is -0.446 e. The number of ether oxygens (including phenoxy) is 2. The third-order valence-corrected chi connectivity index (χ3v) is 2.11. The first-order valence-corrected chi connectivity index (χ1v) is 5.58. The van der Waals surface area contributed by atoms with Crippen molar-refractivity contribution in [2.75, 3.05) is 20.3 Å². The highest BCUT2D eigenvalue weighted by atomic mass is 16.6. The average molecular weight is 279 g/mol. The molecule has 1 aromatic rings. The van der Waals surface area contributed by atoms with E-state index >= 15 is 0 Å². The second-order valence-corrected chi connectivity index (χ2v) is 3.43. The first-order chi connectivity index (χ1) is 9.69. The highest BCUT2D eigenvalue weighted by Gasteiger charge is 2.11. The van der Waals surface area contributed by atoms with E-state index in [9.17, 15) is 14.4 Å². The van der Waals surface area contributed by atoms with Crippen molar-refractivity contribution in [2.45, 2.75) is 0 Å². The molecule has 8 heteroatoms. The fourth-order valence-electron chi connectivity index (χ4n) is 1.24. The summed E-state index contributed by atoms with van der Waals surface area (Å²) in [6.07, 6.45) is 0.520. The predicted molar refractivity (Wildman–Crippen MR) is 68.0 cm³/mol. The zero-order valence-electron chi connectivity index (χ0n) is 10.7. The number of hydrogen-bond donors (Lipinski definition) is 2. The molecule has 1 aromatic carbocycles. The molecule has 0 aliphatic carbocycles. The molecular formula is C12H13N3O5. The van der Waals surface area contributed by atoms with E-state index in [0.717, 1.165) is 0 Å². The smallest absolute Gasteiger partial charge is 0.426 e. The minimum atomic E-state index is -0.827. The van der Waals surface area contributed by atoms with E-state index in [0.29, 0.717) is 0 Å². The summed E-state index contributed by atoms with van der Waals surface area (Å²) in [5.41, 5.74) is 4.45. The maximum absolute atomic E-state index is 11.8. The van der Waals surface area contributed by atoms with Gasteiger partial charge in [0.2, 0.25) is 6.08 Å². The largest absolute Gasteiger partial charge is 0.446 e. The van der Waals surface area contributed by atoms with Crippen LogP contribution in [-0.4, -0.2) is 38.4 Å². The Morgan fingerprint density at radius 2 is 2.00 bits per heavy atom. The van der Waals surface area contributed by atoms with Crippen molar-refractivity contribution in [2.24, 2.45) is 4.99 Å². The van der Waals surface area contributed by atoms with Crippen LogP contribution in [0.2, 0.25) is 0 Å².